The summed E-state index contributed by atoms with van der Waals surface area (Å²) in [5.41, 5.74) is 9.98. The van der Waals surface area contributed by atoms with Gasteiger partial charge >= 0.3 is 0 Å². The molecule has 1 atom stereocenters. The van der Waals surface area contributed by atoms with Crippen molar-refractivity contribution in [1.29, 1.82) is 0 Å². The van der Waals surface area contributed by atoms with E-state index < -0.39 is 11.2 Å². The monoisotopic (exact) mass is 551 g/mol. The Morgan fingerprint density at radius 2 is 1.70 bits per heavy atom. The average molecular weight is 552 g/mol. The van der Waals surface area contributed by atoms with Gasteiger partial charge in [0.25, 0.3) is 5.91 Å². The summed E-state index contributed by atoms with van der Waals surface area (Å²) in [4.78, 5) is 26.6. The molecular formula is C27H29N5O2S3. The van der Waals surface area contributed by atoms with Crippen molar-refractivity contribution in [3.8, 4) is 11.1 Å². The van der Waals surface area contributed by atoms with E-state index in [2.05, 4.69) is 46.7 Å². The van der Waals surface area contributed by atoms with Gasteiger partial charge in [-0.05, 0) is 45.4 Å². The number of primary amides is 1. The number of aromatic nitrogens is 3. The number of anilines is 1. The van der Waals surface area contributed by atoms with Gasteiger partial charge < -0.3 is 15.6 Å². The van der Waals surface area contributed by atoms with Crippen LogP contribution in [0.3, 0.4) is 0 Å². The van der Waals surface area contributed by atoms with Gasteiger partial charge in [-0.25, -0.2) is 0 Å². The fourth-order valence-corrected chi connectivity index (χ4v) is 6.43. The van der Waals surface area contributed by atoms with E-state index in [1.165, 1.54) is 33.6 Å². The largest absolute Gasteiger partial charge is 0.365 e. The number of thioether (sulfide) groups is 2. The van der Waals surface area contributed by atoms with Gasteiger partial charge in [0.05, 0.1) is 16.6 Å². The highest BCUT2D eigenvalue weighted by atomic mass is 32.2. The second kappa shape index (κ2) is 12.0. The lowest BCUT2D eigenvalue weighted by atomic mass is 10.0. The zero-order chi connectivity index (χ0) is 26.5. The first-order chi connectivity index (χ1) is 17.8. The summed E-state index contributed by atoms with van der Waals surface area (Å²) in [6.45, 7) is 8.62. The minimum atomic E-state index is -0.575. The molecule has 4 aromatic rings. The van der Waals surface area contributed by atoms with E-state index in [0.717, 1.165) is 22.5 Å². The molecule has 1 unspecified atom stereocenters. The average Bonchev–Trinajstić information content (AvgIpc) is 3.47. The van der Waals surface area contributed by atoms with Gasteiger partial charge in [-0.2, -0.15) is 0 Å². The maximum atomic E-state index is 13.1. The fourth-order valence-electron chi connectivity index (χ4n) is 3.68. The first kappa shape index (κ1) is 27.0. The van der Waals surface area contributed by atoms with Crippen LogP contribution in [-0.2, 0) is 17.1 Å². The van der Waals surface area contributed by atoms with Crippen molar-refractivity contribution >= 4 is 51.7 Å². The van der Waals surface area contributed by atoms with Crippen LogP contribution < -0.4 is 11.1 Å². The van der Waals surface area contributed by atoms with E-state index in [0.29, 0.717) is 28.0 Å². The fraction of sp³-hybridized carbons (Fsp3) is 0.259. The zero-order valence-electron chi connectivity index (χ0n) is 21.1. The lowest BCUT2D eigenvalue weighted by Crippen LogP contribution is -2.24. The molecule has 3 N–H and O–H groups in total. The topological polar surface area (TPSA) is 103 Å². The first-order valence-corrected chi connectivity index (χ1v) is 14.6. The molecule has 0 fully saturated rings. The van der Waals surface area contributed by atoms with Crippen LogP contribution in [0.2, 0.25) is 0 Å². The SMILES string of the molecule is CCn1c(CSc2ccc(C)cc2)nnc1SC(C)C(=O)Nc1scc(-c2ccc(C)cc2)c1C(N)=O. The molecule has 2 aromatic heterocycles. The smallest absolute Gasteiger partial charge is 0.252 e. The van der Waals surface area contributed by atoms with Crippen molar-refractivity contribution in [2.75, 3.05) is 5.32 Å². The molecule has 2 aromatic carbocycles. The normalized spacial score (nSPS) is 11.9. The standard InChI is InChI=1S/C27H29N5O2S3/c1-5-32-22(15-35-20-12-8-17(3)9-13-20)30-31-27(32)37-18(4)25(34)29-26-23(24(28)33)21(14-36-26)19-10-6-16(2)7-11-19/h6-14,18H,5,15H2,1-4H3,(H2,28,33)(H,29,34). The van der Waals surface area contributed by atoms with E-state index in [4.69, 9.17) is 5.73 Å². The minimum Gasteiger partial charge on any atom is -0.365 e. The molecule has 0 aliphatic rings. The highest BCUT2D eigenvalue weighted by Gasteiger charge is 2.24. The Morgan fingerprint density at radius 3 is 2.32 bits per heavy atom. The Bertz CT molecular complexity index is 1390. The van der Waals surface area contributed by atoms with Crippen LogP contribution in [0.4, 0.5) is 5.00 Å². The number of nitrogens with zero attached hydrogens (tertiary/aromatic N) is 3. The van der Waals surface area contributed by atoms with Gasteiger partial charge in [0.15, 0.2) is 5.16 Å². The van der Waals surface area contributed by atoms with Crippen molar-refractivity contribution in [2.24, 2.45) is 5.73 Å². The number of nitrogens with one attached hydrogen (secondary N) is 1. The predicted molar refractivity (Wildman–Crippen MR) is 153 cm³/mol. The van der Waals surface area contributed by atoms with E-state index in [9.17, 15) is 9.59 Å². The lowest BCUT2D eigenvalue weighted by Gasteiger charge is -2.13. The maximum absolute atomic E-state index is 13.1. The number of nitrogens with two attached hydrogens (primary N) is 1. The van der Waals surface area contributed by atoms with Crippen LogP contribution in [-0.4, -0.2) is 31.8 Å². The molecule has 192 valence electrons. The van der Waals surface area contributed by atoms with Gasteiger partial charge in [0.1, 0.15) is 10.8 Å². The van der Waals surface area contributed by atoms with Crippen molar-refractivity contribution < 1.29 is 9.59 Å². The summed E-state index contributed by atoms with van der Waals surface area (Å²) in [6, 6.07) is 16.2. The number of hydrogen-bond donors (Lipinski definition) is 2. The van der Waals surface area contributed by atoms with Gasteiger partial charge in [-0.3, -0.25) is 9.59 Å². The second-order valence-electron chi connectivity index (χ2n) is 8.58. The molecule has 0 aliphatic carbocycles. The number of hydrogen-bond acceptors (Lipinski definition) is 7. The summed E-state index contributed by atoms with van der Waals surface area (Å²) in [5, 5.41) is 14.2. The molecule has 7 nitrogen and oxygen atoms in total. The second-order valence-corrected chi connectivity index (χ2v) is 11.8. The van der Waals surface area contributed by atoms with E-state index in [1.807, 2.05) is 55.0 Å². The number of thiophene rings is 1. The molecule has 0 aliphatic heterocycles. The van der Waals surface area contributed by atoms with Crippen LogP contribution >= 0.6 is 34.9 Å². The molecular weight excluding hydrogens is 523 g/mol. The van der Waals surface area contributed by atoms with Crippen molar-refractivity contribution in [1.82, 2.24) is 14.8 Å². The molecule has 2 heterocycles. The van der Waals surface area contributed by atoms with Crippen LogP contribution in [0.1, 0.15) is 41.2 Å². The highest BCUT2D eigenvalue weighted by Crippen LogP contribution is 2.36. The van der Waals surface area contributed by atoms with Crippen molar-refractivity contribution in [3.05, 3.63) is 76.4 Å². The molecule has 0 radical (unpaired) electrons. The van der Waals surface area contributed by atoms with Gasteiger partial charge in [-0.1, -0.05) is 59.3 Å². The van der Waals surface area contributed by atoms with Crippen LogP contribution in [0.15, 0.2) is 64.0 Å². The quantitative estimate of drug-likeness (QED) is 0.229. The Labute approximate surface area is 229 Å². The van der Waals surface area contributed by atoms with Gasteiger partial charge in [-0.15, -0.1) is 33.3 Å². The number of amides is 2. The summed E-state index contributed by atoms with van der Waals surface area (Å²) in [7, 11) is 0. The molecule has 4 rings (SSSR count). The predicted octanol–water partition coefficient (Wildman–Crippen LogP) is 6.15. The Hall–Kier alpha value is -3.08. The zero-order valence-corrected chi connectivity index (χ0v) is 23.6. The number of carbonyl (C=O) groups is 2. The summed E-state index contributed by atoms with van der Waals surface area (Å²) in [5.74, 6) is 0.740. The van der Waals surface area contributed by atoms with E-state index in [-0.39, 0.29) is 5.91 Å². The van der Waals surface area contributed by atoms with Crippen LogP contribution in [0.5, 0.6) is 0 Å². The Kier molecular flexibility index (Phi) is 8.73. The lowest BCUT2D eigenvalue weighted by molar-refractivity contribution is -0.115. The Morgan fingerprint density at radius 1 is 1.05 bits per heavy atom. The summed E-state index contributed by atoms with van der Waals surface area (Å²) < 4.78 is 2.03. The molecule has 2 amide bonds. The molecule has 0 saturated heterocycles. The molecule has 37 heavy (non-hydrogen) atoms. The number of benzene rings is 2. The van der Waals surface area contributed by atoms with Crippen LogP contribution in [0, 0.1) is 13.8 Å². The van der Waals surface area contributed by atoms with E-state index in [1.54, 1.807) is 11.8 Å². The summed E-state index contributed by atoms with van der Waals surface area (Å²) in [6.07, 6.45) is 0. The third kappa shape index (κ3) is 6.44. The minimum absolute atomic E-state index is 0.231. The highest BCUT2D eigenvalue weighted by molar-refractivity contribution is 8.00. The molecule has 0 saturated carbocycles. The van der Waals surface area contributed by atoms with Gasteiger partial charge in [0, 0.05) is 22.4 Å². The Balaban J connectivity index is 1.45. The number of carbonyl (C=O) groups excluding carboxylic acids is 2. The van der Waals surface area contributed by atoms with Crippen LogP contribution in [0.25, 0.3) is 11.1 Å². The molecule has 10 heteroatoms. The molecule has 0 bridgehead atoms. The van der Waals surface area contributed by atoms with Crippen molar-refractivity contribution in [2.45, 2.75) is 55.3 Å². The number of aryl methyl sites for hydroxylation is 2. The van der Waals surface area contributed by atoms with E-state index >= 15 is 0 Å². The van der Waals surface area contributed by atoms with Crippen molar-refractivity contribution in [3.63, 3.8) is 0 Å². The first-order valence-electron chi connectivity index (χ1n) is 11.8. The molecule has 0 spiro atoms. The number of rotatable bonds is 10. The maximum Gasteiger partial charge on any atom is 0.252 e. The van der Waals surface area contributed by atoms with Gasteiger partial charge in [0.2, 0.25) is 5.91 Å². The third-order valence-electron chi connectivity index (χ3n) is 5.79. The summed E-state index contributed by atoms with van der Waals surface area (Å²) >= 11 is 4.34. The third-order valence-corrected chi connectivity index (χ3v) is 8.77.